The van der Waals surface area contributed by atoms with Crippen molar-refractivity contribution in [3.05, 3.63) is 60.6 Å². The Morgan fingerprint density at radius 1 is 1.24 bits per heavy atom. The third-order valence-electron chi connectivity index (χ3n) is 5.10. The van der Waals surface area contributed by atoms with Crippen LogP contribution in [-0.2, 0) is 11.3 Å². The molecule has 1 unspecified atom stereocenters. The molecule has 8 heteroatoms. The number of aryl methyl sites for hydroxylation is 1. The molecule has 3 aromatic rings. The third-order valence-corrected chi connectivity index (χ3v) is 5.10. The van der Waals surface area contributed by atoms with Crippen LogP contribution < -0.4 is 10.2 Å². The summed E-state index contributed by atoms with van der Waals surface area (Å²) in [6.45, 7) is 3.30. The number of amides is 1. The molecule has 1 aliphatic rings. The summed E-state index contributed by atoms with van der Waals surface area (Å²) < 4.78 is 1.80. The van der Waals surface area contributed by atoms with Gasteiger partial charge < -0.3 is 10.2 Å². The molecule has 3 aromatic heterocycles. The monoisotopic (exact) mass is 391 g/mol. The van der Waals surface area contributed by atoms with Crippen LogP contribution in [0.15, 0.2) is 49.2 Å². The molecule has 1 N–H and O–H groups in total. The van der Waals surface area contributed by atoms with E-state index < -0.39 is 0 Å². The highest BCUT2D eigenvalue weighted by Gasteiger charge is 2.26. The average molecular weight is 391 g/mol. The summed E-state index contributed by atoms with van der Waals surface area (Å²) in [5, 5.41) is 2.99. The molecule has 1 saturated heterocycles. The fraction of sp³-hybridized carbons (Fsp3) is 0.381. The minimum Gasteiger partial charge on any atom is -0.353 e. The van der Waals surface area contributed by atoms with Crippen molar-refractivity contribution in [3.63, 3.8) is 0 Å². The van der Waals surface area contributed by atoms with Crippen molar-refractivity contribution in [2.45, 2.75) is 45.2 Å². The Hall–Kier alpha value is -3.29. The summed E-state index contributed by atoms with van der Waals surface area (Å²) in [6, 6.07) is 7.82. The van der Waals surface area contributed by atoms with E-state index in [9.17, 15) is 4.79 Å². The van der Waals surface area contributed by atoms with Crippen molar-refractivity contribution in [1.29, 1.82) is 0 Å². The highest BCUT2D eigenvalue weighted by Crippen LogP contribution is 2.26. The Bertz CT molecular complexity index is 943. The predicted molar refractivity (Wildman–Crippen MR) is 110 cm³/mol. The largest absolute Gasteiger partial charge is 0.353 e. The van der Waals surface area contributed by atoms with Gasteiger partial charge in [-0.3, -0.25) is 14.3 Å². The zero-order chi connectivity index (χ0) is 20.1. The number of nitrogens with one attached hydrogen (secondary N) is 1. The maximum atomic E-state index is 12.6. The minimum absolute atomic E-state index is 0.0353. The summed E-state index contributed by atoms with van der Waals surface area (Å²) in [6.07, 6.45) is 10.6. The van der Waals surface area contributed by atoms with E-state index in [0.717, 1.165) is 43.0 Å². The van der Waals surface area contributed by atoms with Gasteiger partial charge in [-0.25, -0.2) is 9.97 Å². The molecule has 0 aromatic carbocycles. The van der Waals surface area contributed by atoms with E-state index in [1.807, 2.05) is 37.4 Å². The number of rotatable bonds is 6. The van der Waals surface area contributed by atoms with Crippen LogP contribution in [-0.4, -0.2) is 43.0 Å². The summed E-state index contributed by atoms with van der Waals surface area (Å²) in [5.41, 5.74) is 1.75. The van der Waals surface area contributed by atoms with Gasteiger partial charge in [0.2, 0.25) is 11.9 Å². The zero-order valence-electron chi connectivity index (χ0n) is 16.5. The molecule has 0 radical (unpaired) electrons. The lowest BCUT2D eigenvalue weighted by atomic mass is 9.99. The molecule has 0 saturated carbocycles. The van der Waals surface area contributed by atoms with E-state index in [0.29, 0.717) is 18.9 Å². The van der Waals surface area contributed by atoms with Crippen LogP contribution in [0.1, 0.15) is 37.1 Å². The van der Waals surface area contributed by atoms with Gasteiger partial charge in [0.05, 0.1) is 12.2 Å². The molecular formula is C21H25N7O. The quantitative estimate of drug-likeness (QED) is 0.694. The number of carbonyl (C=O) groups is 1. The van der Waals surface area contributed by atoms with Crippen molar-refractivity contribution in [1.82, 2.24) is 29.8 Å². The maximum absolute atomic E-state index is 12.6. The Balaban J connectivity index is 1.47. The first-order valence-electron chi connectivity index (χ1n) is 9.96. The minimum atomic E-state index is 0.0353. The van der Waals surface area contributed by atoms with Crippen molar-refractivity contribution < 1.29 is 4.79 Å². The molecule has 150 valence electrons. The Morgan fingerprint density at radius 3 is 2.97 bits per heavy atom. The first-order chi connectivity index (χ1) is 14.2. The summed E-state index contributed by atoms with van der Waals surface area (Å²) in [4.78, 5) is 32.4. The van der Waals surface area contributed by atoms with Crippen LogP contribution in [0.2, 0.25) is 0 Å². The SMILES string of the molecule is Cc1cc(N2CCCCC2CC(=O)NCc2ccccn2)nc(-n2ccnc2)n1. The lowest BCUT2D eigenvalue weighted by molar-refractivity contribution is -0.121. The van der Waals surface area contributed by atoms with Crippen molar-refractivity contribution in [2.75, 3.05) is 11.4 Å². The normalized spacial score (nSPS) is 16.6. The molecule has 1 aliphatic heterocycles. The van der Waals surface area contributed by atoms with Gasteiger partial charge >= 0.3 is 0 Å². The van der Waals surface area contributed by atoms with Crippen molar-refractivity contribution >= 4 is 11.7 Å². The highest BCUT2D eigenvalue weighted by atomic mass is 16.1. The molecule has 0 bridgehead atoms. The Morgan fingerprint density at radius 2 is 2.17 bits per heavy atom. The van der Waals surface area contributed by atoms with Crippen LogP contribution in [0.4, 0.5) is 5.82 Å². The van der Waals surface area contributed by atoms with Crippen LogP contribution >= 0.6 is 0 Å². The highest BCUT2D eigenvalue weighted by molar-refractivity contribution is 5.77. The molecule has 8 nitrogen and oxygen atoms in total. The second-order valence-corrected chi connectivity index (χ2v) is 7.28. The van der Waals surface area contributed by atoms with E-state index in [1.54, 1.807) is 23.3 Å². The van der Waals surface area contributed by atoms with Crippen molar-refractivity contribution in [2.24, 2.45) is 0 Å². The molecule has 1 amide bonds. The van der Waals surface area contributed by atoms with E-state index >= 15 is 0 Å². The van der Waals surface area contributed by atoms with Gasteiger partial charge in [-0.1, -0.05) is 6.07 Å². The number of nitrogens with zero attached hydrogens (tertiary/aromatic N) is 6. The summed E-state index contributed by atoms with van der Waals surface area (Å²) in [7, 11) is 0. The summed E-state index contributed by atoms with van der Waals surface area (Å²) >= 11 is 0. The van der Waals surface area contributed by atoms with Crippen molar-refractivity contribution in [3.8, 4) is 5.95 Å². The van der Waals surface area contributed by atoms with Gasteiger partial charge in [0.1, 0.15) is 12.1 Å². The van der Waals surface area contributed by atoms with Gasteiger partial charge in [-0.05, 0) is 38.3 Å². The lowest BCUT2D eigenvalue weighted by Gasteiger charge is -2.36. The molecule has 4 rings (SSSR count). The average Bonchev–Trinajstić information content (AvgIpc) is 3.28. The first-order valence-corrected chi connectivity index (χ1v) is 9.96. The molecule has 0 aliphatic carbocycles. The predicted octanol–water partition coefficient (Wildman–Crippen LogP) is 2.43. The molecule has 29 heavy (non-hydrogen) atoms. The topological polar surface area (TPSA) is 88.8 Å². The number of aromatic nitrogens is 5. The van der Waals surface area contributed by atoms with Gasteiger partial charge in [0, 0.05) is 49.4 Å². The smallest absolute Gasteiger partial charge is 0.237 e. The molecule has 0 spiro atoms. The number of piperidine rings is 1. The molecule has 4 heterocycles. The zero-order valence-corrected chi connectivity index (χ0v) is 16.5. The number of hydrogen-bond acceptors (Lipinski definition) is 6. The van der Waals surface area contributed by atoms with E-state index in [2.05, 4.69) is 25.2 Å². The fourth-order valence-corrected chi connectivity index (χ4v) is 3.67. The molecule has 1 atom stereocenters. The summed E-state index contributed by atoms with van der Waals surface area (Å²) in [5.74, 6) is 1.50. The number of carbonyl (C=O) groups excluding carboxylic acids is 1. The number of pyridine rings is 1. The van der Waals surface area contributed by atoms with Gasteiger partial charge in [0.15, 0.2) is 0 Å². The van der Waals surface area contributed by atoms with Crippen LogP contribution in [0, 0.1) is 6.92 Å². The number of anilines is 1. The lowest BCUT2D eigenvalue weighted by Crippen LogP contribution is -2.43. The Kier molecular flexibility index (Phi) is 5.79. The standard InChI is InChI=1S/C21H25N7O/c1-16-12-19(26-21(25-16)27-11-9-22-15-27)28-10-5-3-7-18(28)13-20(29)24-14-17-6-2-4-8-23-17/h2,4,6,8-9,11-12,15,18H,3,5,7,10,13-14H2,1H3,(H,24,29). The second-order valence-electron chi connectivity index (χ2n) is 7.28. The second kappa shape index (κ2) is 8.81. The first kappa shape index (κ1) is 19.0. The maximum Gasteiger partial charge on any atom is 0.237 e. The van der Waals surface area contributed by atoms with Crippen LogP contribution in [0.25, 0.3) is 5.95 Å². The van der Waals surface area contributed by atoms with Crippen LogP contribution in [0.3, 0.4) is 0 Å². The van der Waals surface area contributed by atoms with E-state index in [4.69, 9.17) is 4.98 Å². The Labute approximate surface area is 170 Å². The van der Waals surface area contributed by atoms with Gasteiger partial charge in [-0.2, -0.15) is 4.98 Å². The van der Waals surface area contributed by atoms with E-state index in [1.165, 1.54) is 0 Å². The number of imidazole rings is 1. The van der Waals surface area contributed by atoms with Crippen LogP contribution in [0.5, 0.6) is 0 Å². The molecular weight excluding hydrogens is 366 g/mol. The third kappa shape index (κ3) is 4.77. The number of hydrogen-bond donors (Lipinski definition) is 1. The van der Waals surface area contributed by atoms with E-state index in [-0.39, 0.29) is 11.9 Å². The van der Waals surface area contributed by atoms with Gasteiger partial charge in [0.25, 0.3) is 0 Å². The molecule has 1 fully saturated rings. The van der Waals surface area contributed by atoms with Gasteiger partial charge in [-0.15, -0.1) is 0 Å². The fourth-order valence-electron chi connectivity index (χ4n) is 3.67.